The number of fused-ring (bicyclic) bond motifs is 1. The minimum atomic E-state index is 0.735. The highest BCUT2D eigenvalue weighted by atomic mass is 32.1. The molecule has 0 unspecified atom stereocenters. The van der Waals surface area contributed by atoms with Crippen molar-refractivity contribution in [1.29, 1.82) is 0 Å². The van der Waals surface area contributed by atoms with Crippen LogP contribution in [0.4, 0.5) is 5.00 Å². The summed E-state index contributed by atoms with van der Waals surface area (Å²) >= 11 is 1.48. The maximum absolute atomic E-state index is 10.8. The highest BCUT2D eigenvalue weighted by Crippen LogP contribution is 2.32. The summed E-state index contributed by atoms with van der Waals surface area (Å²) < 4.78 is 1.01. The molecule has 2 aromatic rings. The summed E-state index contributed by atoms with van der Waals surface area (Å²) in [5.41, 5.74) is 7.72. The average molecular weight is 205 g/mol. The van der Waals surface area contributed by atoms with Gasteiger partial charge in [-0.25, -0.2) is 0 Å². The van der Waals surface area contributed by atoms with Gasteiger partial charge in [-0.15, -0.1) is 11.3 Å². The Balaban J connectivity index is 2.83. The minimum absolute atomic E-state index is 0.735. The van der Waals surface area contributed by atoms with Gasteiger partial charge in [0, 0.05) is 10.3 Å². The van der Waals surface area contributed by atoms with Gasteiger partial charge in [-0.1, -0.05) is 13.0 Å². The van der Waals surface area contributed by atoms with Crippen molar-refractivity contribution in [3.05, 3.63) is 29.3 Å². The van der Waals surface area contributed by atoms with Crippen molar-refractivity contribution in [3.63, 3.8) is 0 Å². The molecule has 1 aromatic heterocycles. The fourth-order valence-corrected chi connectivity index (χ4v) is 2.57. The number of rotatable bonds is 2. The van der Waals surface area contributed by atoms with E-state index in [2.05, 4.69) is 6.92 Å². The van der Waals surface area contributed by atoms with E-state index >= 15 is 0 Å². The molecule has 72 valence electrons. The van der Waals surface area contributed by atoms with Crippen LogP contribution in [0.15, 0.2) is 18.2 Å². The van der Waals surface area contributed by atoms with Crippen LogP contribution in [0.2, 0.25) is 0 Å². The van der Waals surface area contributed by atoms with Crippen LogP contribution in [0, 0.1) is 0 Å². The Morgan fingerprint density at radius 1 is 1.50 bits per heavy atom. The summed E-state index contributed by atoms with van der Waals surface area (Å²) in [4.78, 5) is 10.8. The van der Waals surface area contributed by atoms with Gasteiger partial charge in [0.2, 0.25) is 0 Å². The van der Waals surface area contributed by atoms with Crippen LogP contribution in [0.1, 0.15) is 22.8 Å². The molecule has 0 saturated carbocycles. The van der Waals surface area contributed by atoms with Crippen molar-refractivity contribution in [2.24, 2.45) is 0 Å². The molecule has 0 aliphatic rings. The smallest absolute Gasteiger partial charge is 0.151 e. The molecule has 2 rings (SSSR count). The van der Waals surface area contributed by atoms with Crippen LogP contribution in [0.25, 0.3) is 10.1 Å². The van der Waals surface area contributed by atoms with Gasteiger partial charge in [0.25, 0.3) is 0 Å². The van der Waals surface area contributed by atoms with Gasteiger partial charge in [-0.2, -0.15) is 0 Å². The number of nitrogens with two attached hydrogens (primary N) is 1. The van der Waals surface area contributed by atoms with E-state index in [0.717, 1.165) is 33.4 Å². The molecule has 2 N–H and O–H groups in total. The lowest BCUT2D eigenvalue weighted by Crippen LogP contribution is -1.85. The van der Waals surface area contributed by atoms with Crippen LogP contribution in [0.5, 0.6) is 0 Å². The van der Waals surface area contributed by atoms with Crippen molar-refractivity contribution in [1.82, 2.24) is 0 Å². The van der Waals surface area contributed by atoms with E-state index in [4.69, 9.17) is 5.73 Å². The van der Waals surface area contributed by atoms with Crippen LogP contribution < -0.4 is 5.73 Å². The van der Waals surface area contributed by atoms with Crippen molar-refractivity contribution in [2.75, 3.05) is 5.73 Å². The Morgan fingerprint density at radius 2 is 2.29 bits per heavy atom. The predicted molar refractivity (Wildman–Crippen MR) is 61.0 cm³/mol. The van der Waals surface area contributed by atoms with Gasteiger partial charge in [-0.3, -0.25) is 4.79 Å². The fraction of sp³-hybridized carbons (Fsp3) is 0.182. The summed E-state index contributed by atoms with van der Waals surface area (Å²) in [7, 11) is 0. The molecule has 14 heavy (non-hydrogen) atoms. The van der Waals surface area contributed by atoms with E-state index in [1.807, 2.05) is 18.2 Å². The van der Waals surface area contributed by atoms with Crippen LogP contribution >= 0.6 is 11.3 Å². The average Bonchev–Trinajstić information content (AvgIpc) is 2.57. The Kier molecular flexibility index (Phi) is 2.25. The lowest BCUT2D eigenvalue weighted by Gasteiger charge is -2.00. The third-order valence-electron chi connectivity index (χ3n) is 2.33. The zero-order valence-electron chi connectivity index (χ0n) is 7.91. The van der Waals surface area contributed by atoms with Gasteiger partial charge >= 0.3 is 0 Å². The second-order valence-electron chi connectivity index (χ2n) is 3.18. The molecule has 3 heteroatoms. The zero-order valence-corrected chi connectivity index (χ0v) is 8.73. The topological polar surface area (TPSA) is 43.1 Å². The molecule has 0 saturated heterocycles. The number of carbonyl (C=O) groups excluding carboxylic acids is 1. The third-order valence-corrected chi connectivity index (χ3v) is 3.34. The normalized spacial score (nSPS) is 10.6. The summed E-state index contributed by atoms with van der Waals surface area (Å²) in [6, 6.07) is 5.81. The van der Waals surface area contributed by atoms with Gasteiger partial charge in [-0.05, 0) is 29.5 Å². The Labute approximate surface area is 86.3 Å². The summed E-state index contributed by atoms with van der Waals surface area (Å²) in [5, 5.41) is 1.89. The second kappa shape index (κ2) is 3.42. The molecule has 1 aromatic carbocycles. The number of aldehydes is 1. The predicted octanol–water partition coefficient (Wildman–Crippen LogP) is 2.86. The summed E-state index contributed by atoms with van der Waals surface area (Å²) in [6.07, 6.45) is 1.85. The zero-order chi connectivity index (χ0) is 10.1. The lowest BCUT2D eigenvalue weighted by atomic mass is 10.1. The molecule has 0 bridgehead atoms. The van der Waals surface area contributed by atoms with Crippen molar-refractivity contribution in [2.45, 2.75) is 13.3 Å². The second-order valence-corrected chi connectivity index (χ2v) is 4.26. The lowest BCUT2D eigenvalue weighted by molar-refractivity contribution is 0.112. The van der Waals surface area contributed by atoms with Crippen LogP contribution in [0.3, 0.4) is 0 Å². The summed E-state index contributed by atoms with van der Waals surface area (Å²) in [6.45, 7) is 2.10. The first-order chi connectivity index (χ1) is 6.76. The minimum Gasteiger partial charge on any atom is -0.391 e. The van der Waals surface area contributed by atoms with E-state index in [1.54, 1.807) is 0 Å². The highest BCUT2D eigenvalue weighted by Gasteiger charge is 2.07. The third kappa shape index (κ3) is 1.30. The number of carbonyl (C=O) groups is 1. The summed E-state index contributed by atoms with van der Waals surface area (Å²) in [5.74, 6) is 0. The maximum atomic E-state index is 10.8. The first kappa shape index (κ1) is 9.21. The molecule has 0 aliphatic carbocycles. The first-order valence-electron chi connectivity index (χ1n) is 4.52. The number of aryl methyl sites for hydroxylation is 1. The van der Waals surface area contributed by atoms with Crippen LogP contribution in [-0.4, -0.2) is 6.29 Å². The molecule has 1 heterocycles. The van der Waals surface area contributed by atoms with Gasteiger partial charge < -0.3 is 5.73 Å². The van der Waals surface area contributed by atoms with Gasteiger partial charge in [0.1, 0.15) is 0 Å². The molecule has 0 radical (unpaired) electrons. The quantitative estimate of drug-likeness (QED) is 0.766. The van der Waals surface area contributed by atoms with Gasteiger partial charge in [0.05, 0.1) is 5.00 Å². The number of nitrogen functional groups attached to an aromatic ring is 1. The SMILES string of the molecule is CCc1ccc(C=O)c2sc(N)cc12. The van der Waals surface area contributed by atoms with E-state index in [1.165, 1.54) is 16.9 Å². The first-order valence-corrected chi connectivity index (χ1v) is 5.34. The molecule has 2 nitrogen and oxygen atoms in total. The fourth-order valence-electron chi connectivity index (χ4n) is 1.62. The van der Waals surface area contributed by atoms with E-state index in [0.29, 0.717) is 0 Å². The molecular formula is C11H11NOS. The van der Waals surface area contributed by atoms with E-state index in [9.17, 15) is 4.79 Å². The van der Waals surface area contributed by atoms with E-state index < -0.39 is 0 Å². The molecule has 0 spiro atoms. The Hall–Kier alpha value is -1.35. The van der Waals surface area contributed by atoms with E-state index in [-0.39, 0.29) is 0 Å². The van der Waals surface area contributed by atoms with Crippen molar-refractivity contribution < 1.29 is 4.79 Å². The number of benzene rings is 1. The Bertz CT molecular complexity index is 487. The maximum Gasteiger partial charge on any atom is 0.151 e. The number of anilines is 1. The number of hydrogen-bond donors (Lipinski definition) is 1. The molecule has 0 aliphatic heterocycles. The van der Waals surface area contributed by atoms with Crippen LogP contribution in [-0.2, 0) is 6.42 Å². The molecular weight excluding hydrogens is 194 g/mol. The molecule has 0 amide bonds. The molecule has 0 atom stereocenters. The largest absolute Gasteiger partial charge is 0.391 e. The Morgan fingerprint density at radius 3 is 2.93 bits per heavy atom. The number of thiophene rings is 1. The molecule has 0 fully saturated rings. The highest BCUT2D eigenvalue weighted by molar-refractivity contribution is 7.23. The standard InChI is InChI=1S/C11H11NOS/c1-2-7-3-4-8(6-13)11-9(7)5-10(12)14-11/h3-6H,2,12H2,1H3. The van der Waals surface area contributed by atoms with Gasteiger partial charge in [0.15, 0.2) is 6.29 Å². The number of hydrogen-bond acceptors (Lipinski definition) is 3. The van der Waals surface area contributed by atoms with Crippen molar-refractivity contribution in [3.8, 4) is 0 Å². The van der Waals surface area contributed by atoms with Crippen molar-refractivity contribution >= 4 is 32.7 Å². The monoisotopic (exact) mass is 205 g/mol.